The molecule has 1 aliphatic heterocycles. The Morgan fingerprint density at radius 2 is 0.848 bits per heavy atom. The number of carbonyl (C=O) groups is 12. The Bertz CT molecular complexity index is 4470. The van der Waals surface area contributed by atoms with Gasteiger partial charge in [0.15, 0.2) is 17.5 Å². The van der Waals surface area contributed by atoms with E-state index in [2.05, 4.69) is 78.8 Å². The number of thioether (sulfide) groups is 1. The fourth-order valence-electron chi connectivity index (χ4n) is 10.4. The van der Waals surface area contributed by atoms with Crippen molar-refractivity contribution < 1.29 is 57.5 Å². The highest BCUT2D eigenvalue weighted by molar-refractivity contribution is 8.00. The minimum atomic E-state index is -1.26. The predicted octanol–water partition coefficient (Wildman–Crippen LogP) is 1.60. The lowest BCUT2D eigenvalue weighted by Crippen LogP contribution is -2.49. The van der Waals surface area contributed by atoms with E-state index in [1.165, 1.54) is 131 Å². The molecule has 8 aromatic rings. The Labute approximate surface area is 569 Å². The van der Waals surface area contributed by atoms with Gasteiger partial charge in [-0.3, -0.25) is 57.5 Å². The summed E-state index contributed by atoms with van der Waals surface area (Å²) >= 11 is 0.989. The molecule has 522 valence electrons. The molecule has 0 saturated heterocycles. The van der Waals surface area contributed by atoms with Crippen LogP contribution >= 0.6 is 11.8 Å². The van der Waals surface area contributed by atoms with Crippen LogP contribution in [0.5, 0.6) is 0 Å². The molecule has 12 amide bonds. The van der Waals surface area contributed by atoms with Gasteiger partial charge in [-0.15, -0.1) is 11.8 Å². The summed E-state index contributed by atoms with van der Waals surface area (Å²) < 4.78 is 11.5. The number of rotatable bonds is 8. The number of hydrogen-bond donors (Lipinski definition) is 12. The average Bonchev–Trinajstić information content (AvgIpc) is 1.69. The Kier molecular flexibility index (Phi) is 22.5. The third-order valence-electron chi connectivity index (χ3n) is 15.3. The maximum absolute atomic E-state index is 14.0. The van der Waals surface area contributed by atoms with Crippen LogP contribution in [0.2, 0.25) is 0 Å². The van der Waals surface area contributed by atoms with E-state index in [1.807, 2.05) is 19.0 Å². The zero-order valence-corrected chi connectivity index (χ0v) is 56.6. The van der Waals surface area contributed by atoms with Gasteiger partial charge in [-0.2, -0.15) is 0 Å². The van der Waals surface area contributed by atoms with Gasteiger partial charge in [-0.1, -0.05) is 0 Å². The smallest absolute Gasteiger partial charge is 0.292 e. The Balaban J connectivity index is 0.900. The minimum absolute atomic E-state index is 0.00311. The molecule has 0 radical (unpaired) electrons. The van der Waals surface area contributed by atoms with E-state index < -0.39 is 71.0 Å². The van der Waals surface area contributed by atoms with Crippen molar-refractivity contribution in [2.45, 2.75) is 31.7 Å². The van der Waals surface area contributed by atoms with E-state index >= 15 is 0 Å². The molecule has 16 bridgehead atoms. The van der Waals surface area contributed by atoms with E-state index in [1.54, 1.807) is 42.3 Å². The van der Waals surface area contributed by atoms with Gasteiger partial charge in [0, 0.05) is 144 Å². The second-order valence-corrected chi connectivity index (χ2v) is 24.6. The van der Waals surface area contributed by atoms with Crippen LogP contribution in [-0.2, 0) is 75.6 Å². The van der Waals surface area contributed by atoms with Crippen LogP contribution in [0.15, 0.2) is 79.9 Å². The molecule has 8 aromatic heterocycles. The Hall–Kier alpha value is -12.0. The first-order chi connectivity index (χ1) is 47.0. The third kappa shape index (κ3) is 18.3. The molecule has 12 N–H and O–H groups in total. The normalized spacial score (nSPS) is 15.4. The zero-order valence-electron chi connectivity index (χ0n) is 55.8. The van der Waals surface area contributed by atoms with Crippen molar-refractivity contribution in [2.75, 3.05) is 94.3 Å². The lowest BCUT2D eigenvalue weighted by molar-refractivity contribution is -0.123. The first-order valence-corrected chi connectivity index (χ1v) is 32.0. The first-order valence-electron chi connectivity index (χ1n) is 30.8. The molecule has 1 atom stereocenters. The summed E-state index contributed by atoms with van der Waals surface area (Å²) in [6.45, 7) is 1.22. The topological polar surface area (TPSA) is 431 Å². The molecule has 9 heterocycles. The second kappa shape index (κ2) is 31.2. The molecule has 99 heavy (non-hydrogen) atoms. The van der Waals surface area contributed by atoms with E-state index in [0.29, 0.717) is 13.0 Å². The maximum Gasteiger partial charge on any atom is 0.292 e. The number of amides is 12. The zero-order chi connectivity index (χ0) is 71.5. The molecule has 0 spiro atoms. The molecule has 1 aliphatic rings. The number of hydrogen-bond acceptors (Lipinski definition) is 17. The Morgan fingerprint density at radius 3 is 1.28 bits per heavy atom. The lowest BCUT2D eigenvalue weighted by atomic mass is 10.2. The molecular formula is C62H76N24O12S. The summed E-state index contributed by atoms with van der Waals surface area (Å²) in [5.74, 6) is -7.70. The quantitative estimate of drug-likeness (QED) is 0.0961. The summed E-state index contributed by atoms with van der Waals surface area (Å²) in [6.07, 6.45) is 12.6. The standard InChI is InChI=1S/C62H76N24O12S/c1-78(2)18-12-16-63-48(87)14-17-65-54(90)39-32-99-33-50(89)73-46-30-85(9)53(75-46)62(98)77-47-31-86(10)52(76-47)61(97)70-38-23-42(81(5)28-38)57(93)66-34-19-40(79(3)24-34)55(91)64-15-11-13-49(88)72-45-29-84(8)51(74-45)60(96)69-37-22-43(82(6)27-37)58(94)67-35-20-41(80(4)25-35)56(92)68-36-21-44(59(95)71-39)83(7)26-36/h19-31,39H,11-18,32-33H2,1-10H3,(H,63,87)(H,64,91)(H,65,90)(H,66,93)(H,67,94)(H,68,92)(H,69,96)(H,70,97)(H,71,95)(H,72,88)(H,73,89)(H,77,98)/t39-/m1/s1. The van der Waals surface area contributed by atoms with Crippen molar-refractivity contribution in [3.8, 4) is 0 Å². The van der Waals surface area contributed by atoms with Crippen LogP contribution in [0.4, 0.5) is 45.9 Å². The van der Waals surface area contributed by atoms with Crippen molar-refractivity contribution >= 4 is 129 Å². The number of anilines is 8. The number of nitrogens with zero attached hydrogens (tertiary/aromatic N) is 12. The Morgan fingerprint density at radius 1 is 0.465 bits per heavy atom. The molecule has 0 aliphatic carbocycles. The second-order valence-electron chi connectivity index (χ2n) is 23.6. The molecule has 9 rings (SSSR count). The highest BCUT2D eigenvalue weighted by atomic mass is 32.2. The van der Waals surface area contributed by atoms with Crippen molar-refractivity contribution in [3.05, 3.63) is 126 Å². The van der Waals surface area contributed by atoms with Crippen LogP contribution in [-0.4, -0.2) is 185 Å². The maximum atomic E-state index is 14.0. The van der Waals surface area contributed by atoms with Crippen molar-refractivity contribution in [1.29, 1.82) is 0 Å². The van der Waals surface area contributed by atoms with E-state index in [4.69, 9.17) is 0 Å². The van der Waals surface area contributed by atoms with Gasteiger partial charge in [0.2, 0.25) is 41.1 Å². The van der Waals surface area contributed by atoms with Gasteiger partial charge in [0.25, 0.3) is 47.3 Å². The van der Waals surface area contributed by atoms with E-state index in [-0.39, 0.29) is 142 Å². The molecule has 37 heteroatoms. The number of carbonyl (C=O) groups excluding carboxylic acids is 12. The molecular weight excluding hydrogens is 1300 g/mol. The number of imidazole rings is 3. The van der Waals surface area contributed by atoms with Gasteiger partial charge in [0.05, 0.1) is 34.2 Å². The van der Waals surface area contributed by atoms with Crippen molar-refractivity contribution in [3.63, 3.8) is 0 Å². The number of fused-ring (bicyclic) bond motifs is 16. The number of nitrogens with one attached hydrogen (secondary N) is 12. The molecule has 0 aromatic carbocycles. The van der Waals surface area contributed by atoms with Crippen LogP contribution < -0.4 is 63.8 Å². The van der Waals surface area contributed by atoms with Gasteiger partial charge >= 0.3 is 0 Å². The molecule has 0 fully saturated rings. The predicted molar refractivity (Wildman–Crippen MR) is 366 cm³/mol. The first kappa shape index (κ1) is 71.3. The monoisotopic (exact) mass is 1380 g/mol. The lowest BCUT2D eigenvalue weighted by Gasteiger charge is -2.18. The summed E-state index contributed by atoms with van der Waals surface area (Å²) in [7, 11) is 16.4. The van der Waals surface area contributed by atoms with Gasteiger partial charge in [-0.25, -0.2) is 15.0 Å². The van der Waals surface area contributed by atoms with E-state index in [9.17, 15) is 57.5 Å². The summed E-state index contributed by atoms with van der Waals surface area (Å²) in [6, 6.07) is 5.90. The number of aromatic nitrogens is 11. The van der Waals surface area contributed by atoms with Crippen LogP contribution in [0, 0.1) is 0 Å². The fraction of sp³-hybridized carbons (Fsp3) is 0.339. The molecule has 0 unspecified atom stereocenters. The highest BCUT2D eigenvalue weighted by Crippen LogP contribution is 2.24. The summed E-state index contributed by atoms with van der Waals surface area (Å²) in [4.78, 5) is 177. The average molecular weight is 1380 g/mol. The van der Waals surface area contributed by atoms with Crippen LogP contribution in [0.1, 0.15) is 110 Å². The summed E-state index contributed by atoms with van der Waals surface area (Å²) in [5, 5.41) is 32.6. The molecule has 0 saturated carbocycles. The molecule has 36 nitrogen and oxygen atoms in total. The van der Waals surface area contributed by atoms with Gasteiger partial charge < -0.3 is 105 Å². The largest absolute Gasteiger partial charge is 0.356 e. The van der Waals surface area contributed by atoms with Crippen molar-refractivity contribution in [2.24, 2.45) is 56.4 Å². The minimum Gasteiger partial charge on any atom is -0.356 e. The summed E-state index contributed by atoms with van der Waals surface area (Å²) in [5.41, 5.74) is 1.81. The van der Waals surface area contributed by atoms with Crippen molar-refractivity contribution in [1.82, 2.24) is 77.7 Å². The SMILES string of the molecule is CN(C)CCCNC(=O)CCNC(=O)[C@H]1CSCC(=O)Nc2cn(C)c(n2)C(=O)Nc2cn(C)c(n2)C(=O)Nc2cc(n(C)c2)C(=O)Nc2cc(n(C)c2)C(=O)NCCCC(=O)Nc2cn(C)c(n2)C(=O)Nc2cc(n(C)c2)C(=O)Nc2cc(n(C)c2)C(=O)Nc2cc(n(C)c2)C(=O)N1. The van der Waals surface area contributed by atoms with Crippen LogP contribution in [0.3, 0.4) is 0 Å². The third-order valence-corrected chi connectivity index (χ3v) is 16.3. The highest BCUT2D eigenvalue weighted by Gasteiger charge is 2.28. The van der Waals surface area contributed by atoms with Crippen LogP contribution in [0.25, 0.3) is 0 Å². The van der Waals surface area contributed by atoms with Gasteiger partial charge in [-0.05, 0) is 63.8 Å². The van der Waals surface area contributed by atoms with E-state index in [0.717, 1.165) is 18.3 Å². The van der Waals surface area contributed by atoms with Gasteiger partial charge in [0.1, 0.15) is 34.5 Å². The number of aryl methyl sites for hydroxylation is 8. The fourth-order valence-corrected chi connectivity index (χ4v) is 11.2.